The standard InChI is InChI=1S/C7H8N4O/c1-5-9-6-8-3-2-4-11(6)7(12)10-5/h2-4,6H,1H3,(H,9,10,12). The van der Waals surface area contributed by atoms with Crippen molar-refractivity contribution in [2.24, 2.45) is 9.98 Å². The molecule has 2 aliphatic heterocycles. The molecule has 0 bridgehead atoms. The lowest BCUT2D eigenvalue weighted by atomic mass is 10.4. The van der Waals surface area contributed by atoms with Crippen molar-refractivity contribution in [1.29, 1.82) is 0 Å². The Morgan fingerprint density at radius 1 is 1.67 bits per heavy atom. The molecule has 0 aromatic heterocycles. The molecular formula is C7H8N4O. The summed E-state index contributed by atoms with van der Waals surface area (Å²) in [5.74, 6) is 0.605. The van der Waals surface area contributed by atoms with E-state index in [9.17, 15) is 4.79 Å². The van der Waals surface area contributed by atoms with Crippen molar-refractivity contribution in [3.05, 3.63) is 12.3 Å². The van der Waals surface area contributed by atoms with Crippen LogP contribution in [0.25, 0.3) is 0 Å². The number of fused-ring (bicyclic) bond motifs is 1. The fourth-order valence-corrected chi connectivity index (χ4v) is 1.10. The third kappa shape index (κ3) is 0.990. The van der Waals surface area contributed by atoms with Crippen molar-refractivity contribution < 1.29 is 4.79 Å². The molecule has 5 heteroatoms. The van der Waals surface area contributed by atoms with Crippen LogP contribution in [-0.4, -0.2) is 29.3 Å². The summed E-state index contributed by atoms with van der Waals surface area (Å²) < 4.78 is 0. The van der Waals surface area contributed by atoms with Crippen LogP contribution >= 0.6 is 0 Å². The first-order valence-electron chi connectivity index (χ1n) is 3.61. The van der Waals surface area contributed by atoms with E-state index >= 15 is 0 Å². The number of allylic oxidation sites excluding steroid dienone is 1. The average molecular weight is 164 g/mol. The van der Waals surface area contributed by atoms with Crippen molar-refractivity contribution in [2.45, 2.75) is 13.2 Å². The molecule has 0 radical (unpaired) electrons. The fraction of sp³-hybridized carbons (Fsp3) is 0.286. The maximum Gasteiger partial charge on any atom is 0.330 e. The Morgan fingerprint density at radius 2 is 2.50 bits per heavy atom. The van der Waals surface area contributed by atoms with E-state index in [0.29, 0.717) is 5.84 Å². The second-order valence-corrected chi connectivity index (χ2v) is 2.54. The highest BCUT2D eigenvalue weighted by Gasteiger charge is 2.25. The van der Waals surface area contributed by atoms with E-state index in [2.05, 4.69) is 15.3 Å². The molecule has 1 N–H and O–H groups in total. The van der Waals surface area contributed by atoms with Crippen LogP contribution in [0.2, 0.25) is 0 Å². The second-order valence-electron chi connectivity index (χ2n) is 2.54. The van der Waals surface area contributed by atoms with Gasteiger partial charge in [0.05, 0.1) is 0 Å². The Hall–Kier alpha value is -1.65. The zero-order valence-electron chi connectivity index (χ0n) is 6.56. The molecule has 62 valence electrons. The zero-order chi connectivity index (χ0) is 8.55. The second kappa shape index (κ2) is 2.44. The number of nitrogens with one attached hydrogen (secondary N) is 1. The van der Waals surface area contributed by atoms with Gasteiger partial charge in [-0.1, -0.05) is 0 Å². The summed E-state index contributed by atoms with van der Waals surface area (Å²) in [6.45, 7) is 1.74. The van der Waals surface area contributed by atoms with Crippen LogP contribution in [0.3, 0.4) is 0 Å². The van der Waals surface area contributed by atoms with Gasteiger partial charge in [0.1, 0.15) is 5.84 Å². The molecule has 0 saturated carbocycles. The summed E-state index contributed by atoms with van der Waals surface area (Å²) in [6.07, 6.45) is 4.59. The maximum absolute atomic E-state index is 11.2. The average Bonchev–Trinajstić information content (AvgIpc) is 2.04. The molecule has 0 aromatic carbocycles. The van der Waals surface area contributed by atoms with Gasteiger partial charge in [-0.15, -0.1) is 0 Å². The first kappa shape index (κ1) is 7.02. The van der Waals surface area contributed by atoms with Gasteiger partial charge in [0.2, 0.25) is 6.29 Å². The summed E-state index contributed by atoms with van der Waals surface area (Å²) >= 11 is 0. The molecule has 0 fully saturated rings. The summed E-state index contributed by atoms with van der Waals surface area (Å²) in [5.41, 5.74) is 0. The normalized spacial score (nSPS) is 26.4. The van der Waals surface area contributed by atoms with Crippen LogP contribution in [0.4, 0.5) is 4.79 Å². The first-order chi connectivity index (χ1) is 5.77. The molecule has 0 aliphatic carbocycles. The monoisotopic (exact) mass is 164 g/mol. The SMILES string of the molecule is CC1=NC2N=CC=CN2C(=O)N1. The lowest BCUT2D eigenvalue weighted by Gasteiger charge is -2.28. The van der Waals surface area contributed by atoms with E-state index in [1.807, 2.05) is 0 Å². The maximum atomic E-state index is 11.2. The largest absolute Gasteiger partial charge is 0.330 e. The number of rotatable bonds is 0. The van der Waals surface area contributed by atoms with Crippen LogP contribution in [0.1, 0.15) is 6.92 Å². The molecule has 2 rings (SSSR count). The number of amides is 2. The number of hydrogen-bond acceptors (Lipinski definition) is 3. The molecule has 2 heterocycles. The molecular weight excluding hydrogens is 156 g/mol. The molecule has 2 aliphatic rings. The minimum atomic E-state index is -0.399. The van der Waals surface area contributed by atoms with E-state index in [1.54, 1.807) is 25.4 Å². The van der Waals surface area contributed by atoms with Gasteiger partial charge in [0.25, 0.3) is 0 Å². The van der Waals surface area contributed by atoms with Crippen molar-refractivity contribution >= 4 is 18.1 Å². The molecule has 0 aromatic rings. The third-order valence-electron chi connectivity index (χ3n) is 1.63. The summed E-state index contributed by atoms with van der Waals surface area (Å²) in [6, 6.07) is -0.180. The minimum Gasteiger partial charge on any atom is -0.296 e. The highest BCUT2D eigenvalue weighted by Crippen LogP contribution is 2.11. The van der Waals surface area contributed by atoms with Gasteiger partial charge in [0, 0.05) is 12.4 Å². The first-order valence-corrected chi connectivity index (χ1v) is 3.61. The van der Waals surface area contributed by atoms with Crippen LogP contribution in [0.5, 0.6) is 0 Å². The van der Waals surface area contributed by atoms with Gasteiger partial charge in [0.15, 0.2) is 0 Å². The number of carbonyl (C=O) groups excluding carboxylic acids is 1. The van der Waals surface area contributed by atoms with E-state index in [0.717, 1.165) is 0 Å². The Balaban J connectivity index is 2.34. The van der Waals surface area contributed by atoms with E-state index in [-0.39, 0.29) is 6.03 Å². The Labute approximate surface area is 69.5 Å². The Bertz CT molecular complexity index is 305. The zero-order valence-corrected chi connectivity index (χ0v) is 6.56. The lowest BCUT2D eigenvalue weighted by Crippen LogP contribution is -2.49. The number of amidine groups is 1. The quantitative estimate of drug-likeness (QED) is 0.550. The van der Waals surface area contributed by atoms with Crippen molar-refractivity contribution in [1.82, 2.24) is 10.2 Å². The minimum absolute atomic E-state index is 0.180. The molecule has 5 nitrogen and oxygen atoms in total. The topological polar surface area (TPSA) is 57.1 Å². The van der Waals surface area contributed by atoms with Gasteiger partial charge in [-0.3, -0.25) is 10.2 Å². The van der Waals surface area contributed by atoms with Gasteiger partial charge >= 0.3 is 6.03 Å². The van der Waals surface area contributed by atoms with Crippen molar-refractivity contribution in [3.63, 3.8) is 0 Å². The van der Waals surface area contributed by atoms with E-state index < -0.39 is 6.29 Å². The summed E-state index contributed by atoms with van der Waals surface area (Å²) in [4.78, 5) is 20.8. The predicted octanol–water partition coefficient (Wildman–Crippen LogP) is 0.312. The predicted molar refractivity (Wildman–Crippen MR) is 44.9 cm³/mol. The van der Waals surface area contributed by atoms with Crippen LogP contribution in [0.15, 0.2) is 22.3 Å². The molecule has 2 amide bonds. The van der Waals surface area contributed by atoms with E-state index in [4.69, 9.17) is 0 Å². The highest BCUT2D eigenvalue weighted by atomic mass is 16.2. The molecule has 0 saturated heterocycles. The van der Waals surface area contributed by atoms with Gasteiger partial charge in [-0.25, -0.2) is 14.8 Å². The molecule has 0 spiro atoms. The fourth-order valence-electron chi connectivity index (χ4n) is 1.10. The number of urea groups is 1. The smallest absolute Gasteiger partial charge is 0.296 e. The van der Waals surface area contributed by atoms with Gasteiger partial charge in [-0.2, -0.15) is 0 Å². The van der Waals surface area contributed by atoms with Crippen molar-refractivity contribution in [3.8, 4) is 0 Å². The molecule has 1 unspecified atom stereocenters. The van der Waals surface area contributed by atoms with Gasteiger partial charge in [-0.05, 0) is 13.0 Å². The van der Waals surface area contributed by atoms with E-state index in [1.165, 1.54) is 4.90 Å². The van der Waals surface area contributed by atoms with Crippen LogP contribution in [-0.2, 0) is 0 Å². The number of nitrogens with zero attached hydrogens (tertiary/aromatic N) is 3. The highest BCUT2D eigenvalue weighted by molar-refractivity contribution is 5.99. The Kier molecular flexibility index (Phi) is 1.43. The van der Waals surface area contributed by atoms with Gasteiger partial charge < -0.3 is 0 Å². The summed E-state index contributed by atoms with van der Waals surface area (Å²) in [7, 11) is 0. The lowest BCUT2D eigenvalue weighted by molar-refractivity contribution is 0.203. The number of hydrogen-bond donors (Lipinski definition) is 1. The molecule has 1 atom stereocenters. The molecule has 12 heavy (non-hydrogen) atoms. The van der Waals surface area contributed by atoms with Crippen LogP contribution in [0, 0.1) is 0 Å². The number of carbonyl (C=O) groups is 1. The summed E-state index contributed by atoms with van der Waals surface area (Å²) in [5, 5.41) is 2.59. The third-order valence-corrected chi connectivity index (χ3v) is 1.63. The number of aliphatic imine (C=N–C) groups is 2. The van der Waals surface area contributed by atoms with Crippen molar-refractivity contribution in [2.75, 3.05) is 0 Å². The van der Waals surface area contributed by atoms with Crippen LogP contribution < -0.4 is 5.32 Å². The Morgan fingerprint density at radius 3 is 3.33 bits per heavy atom.